The number of hydrogen-bond acceptors (Lipinski definition) is 4. The van der Waals surface area contributed by atoms with Crippen molar-refractivity contribution >= 4 is 0 Å². The van der Waals surface area contributed by atoms with Crippen LogP contribution in [-0.4, -0.2) is 43.5 Å². The minimum absolute atomic E-state index is 0.115. The fourth-order valence-electron chi connectivity index (χ4n) is 3.52. The zero-order valence-electron chi connectivity index (χ0n) is 12.3. The standard InChI is InChI=1S/C16H23NO3/c1-17(2)10-16(7-5-13(18)6-8-16)12-3-4-14-15(9-12)20-11-19-14/h3-4,9,13,18H,5-8,10-11H2,1-2H3. The number of nitrogens with zero attached hydrogens (tertiary/aromatic N) is 1. The normalized spacial score (nSPS) is 28.9. The van der Waals surface area contributed by atoms with Crippen LogP contribution in [-0.2, 0) is 5.41 Å². The molecule has 3 rings (SSSR count). The summed E-state index contributed by atoms with van der Waals surface area (Å²) in [6.45, 7) is 1.32. The first-order valence-corrected chi connectivity index (χ1v) is 7.32. The predicted molar refractivity (Wildman–Crippen MR) is 77.3 cm³/mol. The van der Waals surface area contributed by atoms with E-state index in [0.717, 1.165) is 43.7 Å². The number of benzene rings is 1. The van der Waals surface area contributed by atoms with Gasteiger partial charge in [-0.2, -0.15) is 0 Å². The monoisotopic (exact) mass is 277 g/mol. The van der Waals surface area contributed by atoms with Crippen molar-refractivity contribution in [1.82, 2.24) is 4.90 Å². The van der Waals surface area contributed by atoms with E-state index in [1.54, 1.807) is 0 Å². The molecule has 0 amide bonds. The number of ether oxygens (including phenoxy) is 2. The number of fused-ring (bicyclic) bond motifs is 1. The van der Waals surface area contributed by atoms with Crippen LogP contribution in [0.4, 0.5) is 0 Å². The molecule has 1 fully saturated rings. The van der Waals surface area contributed by atoms with E-state index in [1.807, 2.05) is 6.07 Å². The molecular weight excluding hydrogens is 254 g/mol. The molecule has 1 N–H and O–H groups in total. The van der Waals surface area contributed by atoms with Crippen LogP contribution in [0.3, 0.4) is 0 Å². The Morgan fingerprint density at radius 3 is 2.60 bits per heavy atom. The lowest BCUT2D eigenvalue weighted by atomic mass is 9.68. The smallest absolute Gasteiger partial charge is 0.231 e. The first-order chi connectivity index (χ1) is 9.59. The van der Waals surface area contributed by atoms with Crippen molar-refractivity contribution in [3.63, 3.8) is 0 Å². The van der Waals surface area contributed by atoms with Crippen molar-refractivity contribution < 1.29 is 14.6 Å². The molecule has 0 saturated heterocycles. The quantitative estimate of drug-likeness (QED) is 0.919. The van der Waals surface area contributed by atoms with Crippen molar-refractivity contribution in [3.8, 4) is 11.5 Å². The molecule has 20 heavy (non-hydrogen) atoms. The summed E-state index contributed by atoms with van der Waals surface area (Å²) in [4.78, 5) is 2.24. The predicted octanol–water partition coefficient (Wildman–Crippen LogP) is 2.15. The average Bonchev–Trinajstić information content (AvgIpc) is 2.88. The molecule has 2 aliphatic rings. The third kappa shape index (κ3) is 2.50. The number of likely N-dealkylation sites (N-methyl/N-ethyl adjacent to an activating group) is 1. The molecule has 1 aliphatic heterocycles. The van der Waals surface area contributed by atoms with Gasteiger partial charge in [-0.25, -0.2) is 0 Å². The highest BCUT2D eigenvalue weighted by molar-refractivity contribution is 5.47. The molecule has 4 nitrogen and oxygen atoms in total. The first kappa shape index (κ1) is 13.7. The van der Waals surface area contributed by atoms with Gasteiger partial charge in [0.15, 0.2) is 11.5 Å². The molecule has 4 heteroatoms. The lowest BCUT2D eigenvalue weighted by molar-refractivity contribution is 0.0842. The number of aliphatic hydroxyl groups excluding tert-OH is 1. The summed E-state index contributed by atoms with van der Waals surface area (Å²) in [5.74, 6) is 1.69. The highest BCUT2D eigenvalue weighted by atomic mass is 16.7. The second-order valence-electron chi connectivity index (χ2n) is 6.32. The maximum Gasteiger partial charge on any atom is 0.231 e. The second kappa shape index (κ2) is 5.26. The molecule has 0 atom stereocenters. The van der Waals surface area contributed by atoms with Gasteiger partial charge in [0.05, 0.1) is 6.10 Å². The summed E-state index contributed by atoms with van der Waals surface area (Å²) in [7, 11) is 4.22. The van der Waals surface area contributed by atoms with Crippen molar-refractivity contribution in [2.24, 2.45) is 0 Å². The van der Waals surface area contributed by atoms with Gasteiger partial charge in [-0.3, -0.25) is 0 Å². The Hall–Kier alpha value is -1.26. The summed E-state index contributed by atoms with van der Waals surface area (Å²) in [6, 6.07) is 6.30. The molecule has 0 spiro atoms. The highest BCUT2D eigenvalue weighted by Crippen LogP contribution is 2.43. The van der Waals surface area contributed by atoms with E-state index in [1.165, 1.54) is 5.56 Å². The summed E-state index contributed by atoms with van der Waals surface area (Å²) in [5, 5.41) is 9.82. The van der Waals surface area contributed by atoms with Gasteiger partial charge in [0.1, 0.15) is 0 Å². The number of rotatable bonds is 3. The van der Waals surface area contributed by atoms with E-state index in [0.29, 0.717) is 6.79 Å². The van der Waals surface area contributed by atoms with Gasteiger partial charge >= 0.3 is 0 Å². The molecule has 110 valence electrons. The Labute approximate surface area is 120 Å². The van der Waals surface area contributed by atoms with E-state index < -0.39 is 0 Å². The molecule has 0 aromatic heterocycles. The van der Waals surface area contributed by atoms with Crippen molar-refractivity contribution in [2.75, 3.05) is 27.4 Å². The minimum atomic E-state index is -0.140. The summed E-state index contributed by atoms with van der Waals surface area (Å²) in [6.07, 6.45) is 3.65. The summed E-state index contributed by atoms with van der Waals surface area (Å²) < 4.78 is 10.9. The van der Waals surface area contributed by atoms with Crippen molar-refractivity contribution in [2.45, 2.75) is 37.2 Å². The Kier molecular flexibility index (Phi) is 3.61. The van der Waals surface area contributed by atoms with Crippen LogP contribution in [0.2, 0.25) is 0 Å². The number of aliphatic hydroxyl groups is 1. The Morgan fingerprint density at radius 1 is 1.20 bits per heavy atom. The summed E-state index contributed by atoms with van der Waals surface area (Å²) in [5.41, 5.74) is 1.42. The van der Waals surface area contributed by atoms with Crippen molar-refractivity contribution in [3.05, 3.63) is 23.8 Å². The zero-order chi connectivity index (χ0) is 14.2. The molecular formula is C16H23NO3. The van der Waals surface area contributed by atoms with Crippen molar-refractivity contribution in [1.29, 1.82) is 0 Å². The van der Waals surface area contributed by atoms with Crippen LogP contribution >= 0.6 is 0 Å². The molecule has 1 saturated carbocycles. The molecule has 1 aromatic rings. The second-order valence-corrected chi connectivity index (χ2v) is 6.32. The lowest BCUT2D eigenvalue weighted by Crippen LogP contribution is -2.41. The van der Waals surface area contributed by atoms with Gasteiger partial charge in [0.2, 0.25) is 6.79 Å². The van der Waals surface area contributed by atoms with Gasteiger partial charge in [-0.1, -0.05) is 6.07 Å². The molecule has 1 aromatic carbocycles. The SMILES string of the molecule is CN(C)CC1(c2ccc3c(c2)OCO3)CCC(O)CC1. The van der Waals surface area contributed by atoms with Crippen LogP contribution in [0.15, 0.2) is 18.2 Å². The first-order valence-electron chi connectivity index (χ1n) is 7.32. The molecule has 1 aliphatic carbocycles. The zero-order valence-corrected chi connectivity index (χ0v) is 12.3. The van der Waals surface area contributed by atoms with E-state index in [9.17, 15) is 5.11 Å². The van der Waals surface area contributed by atoms with Crippen LogP contribution in [0, 0.1) is 0 Å². The average molecular weight is 277 g/mol. The lowest BCUT2D eigenvalue weighted by Gasteiger charge is -2.41. The van der Waals surface area contributed by atoms with Gasteiger partial charge in [0, 0.05) is 12.0 Å². The Morgan fingerprint density at radius 2 is 1.90 bits per heavy atom. The van der Waals surface area contributed by atoms with Gasteiger partial charge in [0.25, 0.3) is 0 Å². The fourth-order valence-corrected chi connectivity index (χ4v) is 3.52. The van der Waals surface area contributed by atoms with Gasteiger partial charge in [-0.05, 0) is 57.5 Å². The van der Waals surface area contributed by atoms with Crippen LogP contribution < -0.4 is 9.47 Å². The topological polar surface area (TPSA) is 41.9 Å². The van der Waals surface area contributed by atoms with Crippen LogP contribution in [0.25, 0.3) is 0 Å². The fraction of sp³-hybridized carbons (Fsp3) is 0.625. The van der Waals surface area contributed by atoms with Gasteiger partial charge in [-0.15, -0.1) is 0 Å². The van der Waals surface area contributed by atoms with E-state index in [2.05, 4.69) is 31.1 Å². The van der Waals surface area contributed by atoms with E-state index in [4.69, 9.17) is 9.47 Å². The molecule has 0 radical (unpaired) electrons. The minimum Gasteiger partial charge on any atom is -0.454 e. The Bertz CT molecular complexity index is 479. The largest absolute Gasteiger partial charge is 0.454 e. The van der Waals surface area contributed by atoms with E-state index in [-0.39, 0.29) is 11.5 Å². The van der Waals surface area contributed by atoms with Gasteiger partial charge < -0.3 is 19.5 Å². The third-order valence-corrected chi connectivity index (χ3v) is 4.52. The molecule has 0 unspecified atom stereocenters. The number of hydrogen-bond donors (Lipinski definition) is 1. The van der Waals surface area contributed by atoms with Crippen LogP contribution in [0.5, 0.6) is 11.5 Å². The maximum absolute atomic E-state index is 9.82. The van der Waals surface area contributed by atoms with Crippen LogP contribution in [0.1, 0.15) is 31.2 Å². The molecule has 1 heterocycles. The Balaban J connectivity index is 1.92. The van der Waals surface area contributed by atoms with E-state index >= 15 is 0 Å². The highest BCUT2D eigenvalue weighted by Gasteiger charge is 2.37. The molecule has 0 bridgehead atoms. The maximum atomic E-state index is 9.82. The third-order valence-electron chi connectivity index (χ3n) is 4.52. The summed E-state index contributed by atoms with van der Waals surface area (Å²) >= 11 is 0.